The molecule has 1 aromatic heterocycles. The maximum absolute atomic E-state index is 11.2. The summed E-state index contributed by atoms with van der Waals surface area (Å²) in [6, 6.07) is 3.30. The number of imidazole rings is 1. The molecular weight excluding hydrogens is 232 g/mol. The summed E-state index contributed by atoms with van der Waals surface area (Å²) in [5.74, 6) is 0.0200. The summed E-state index contributed by atoms with van der Waals surface area (Å²) in [7, 11) is 3.32. The number of carbonyl (C=O) groups is 1. The Labute approximate surface area is 105 Å². The second kappa shape index (κ2) is 4.52. The fourth-order valence-corrected chi connectivity index (χ4v) is 1.95. The van der Waals surface area contributed by atoms with Gasteiger partial charge in [-0.3, -0.25) is 0 Å². The molecule has 0 amide bonds. The van der Waals surface area contributed by atoms with Crippen LogP contribution in [0.4, 0.5) is 0 Å². The topological polar surface area (TPSA) is 64.3 Å². The van der Waals surface area contributed by atoms with Crippen LogP contribution in [0.2, 0.25) is 0 Å². The van der Waals surface area contributed by atoms with Crippen LogP contribution in [0.25, 0.3) is 11.4 Å². The van der Waals surface area contributed by atoms with Gasteiger partial charge >= 0.3 is 5.97 Å². The molecule has 0 atom stereocenters. The van der Waals surface area contributed by atoms with Gasteiger partial charge in [-0.1, -0.05) is 6.07 Å². The van der Waals surface area contributed by atoms with Gasteiger partial charge in [-0.25, -0.2) is 9.78 Å². The number of methoxy groups -OCH3 is 1. The number of hydrogen-bond acceptors (Lipinski definition) is 3. The molecule has 0 fully saturated rings. The maximum atomic E-state index is 11.2. The molecule has 0 saturated heterocycles. The summed E-state index contributed by atoms with van der Waals surface area (Å²) >= 11 is 0. The van der Waals surface area contributed by atoms with Crippen LogP contribution in [0, 0.1) is 6.92 Å². The van der Waals surface area contributed by atoms with Crippen LogP contribution in [-0.2, 0) is 7.05 Å². The van der Waals surface area contributed by atoms with E-state index in [9.17, 15) is 9.90 Å². The molecule has 18 heavy (non-hydrogen) atoms. The van der Waals surface area contributed by atoms with Gasteiger partial charge in [0.1, 0.15) is 17.1 Å². The van der Waals surface area contributed by atoms with Crippen LogP contribution in [-0.4, -0.2) is 27.7 Å². The number of aryl methyl sites for hydroxylation is 2. The minimum absolute atomic E-state index is 0.140. The average Bonchev–Trinajstić information content (AvgIpc) is 2.74. The molecule has 2 rings (SSSR count). The summed E-state index contributed by atoms with van der Waals surface area (Å²) < 4.78 is 7.09. The van der Waals surface area contributed by atoms with E-state index in [1.54, 1.807) is 18.3 Å². The quantitative estimate of drug-likeness (QED) is 0.900. The van der Waals surface area contributed by atoms with Crippen molar-refractivity contribution in [3.63, 3.8) is 0 Å². The highest BCUT2D eigenvalue weighted by molar-refractivity contribution is 5.94. The second-order valence-electron chi connectivity index (χ2n) is 4.01. The third-order valence-electron chi connectivity index (χ3n) is 2.85. The van der Waals surface area contributed by atoms with E-state index < -0.39 is 5.97 Å². The van der Waals surface area contributed by atoms with E-state index in [0.29, 0.717) is 17.1 Å². The minimum Gasteiger partial charge on any atom is -0.495 e. The molecule has 0 bridgehead atoms. The van der Waals surface area contributed by atoms with E-state index in [1.165, 1.54) is 7.11 Å². The molecule has 5 nitrogen and oxygen atoms in total. The molecule has 0 spiro atoms. The normalized spacial score (nSPS) is 10.4. The molecule has 0 saturated carbocycles. The average molecular weight is 246 g/mol. The van der Waals surface area contributed by atoms with Crippen molar-refractivity contribution < 1.29 is 14.6 Å². The van der Waals surface area contributed by atoms with E-state index in [2.05, 4.69) is 4.98 Å². The SMILES string of the molecule is COc1c(C(=O)O)ccc(C)c1-c1nccn1C. The van der Waals surface area contributed by atoms with Crippen LogP contribution in [0.1, 0.15) is 15.9 Å². The number of aromatic carboxylic acids is 1. The van der Waals surface area contributed by atoms with Crippen LogP contribution in [0.15, 0.2) is 24.5 Å². The van der Waals surface area contributed by atoms with E-state index in [1.807, 2.05) is 24.7 Å². The van der Waals surface area contributed by atoms with Crippen LogP contribution >= 0.6 is 0 Å². The highest BCUT2D eigenvalue weighted by Crippen LogP contribution is 2.34. The summed E-state index contributed by atoms with van der Waals surface area (Å²) in [4.78, 5) is 15.4. The van der Waals surface area contributed by atoms with Gasteiger partial charge in [-0.2, -0.15) is 0 Å². The molecule has 1 N–H and O–H groups in total. The first-order valence-corrected chi connectivity index (χ1v) is 5.44. The lowest BCUT2D eigenvalue weighted by atomic mass is 10.0. The molecule has 5 heteroatoms. The number of nitrogens with zero attached hydrogens (tertiary/aromatic N) is 2. The van der Waals surface area contributed by atoms with E-state index in [4.69, 9.17) is 4.74 Å². The van der Waals surface area contributed by atoms with Crippen molar-refractivity contribution in [3.8, 4) is 17.1 Å². The molecule has 2 aromatic rings. The number of carboxylic acids is 1. The molecular formula is C13H14N2O3. The van der Waals surface area contributed by atoms with Gasteiger partial charge in [0.25, 0.3) is 0 Å². The van der Waals surface area contributed by atoms with Gasteiger partial charge in [0.05, 0.1) is 12.7 Å². The second-order valence-corrected chi connectivity index (χ2v) is 4.01. The largest absolute Gasteiger partial charge is 0.495 e. The van der Waals surface area contributed by atoms with Crippen molar-refractivity contribution in [2.45, 2.75) is 6.92 Å². The summed E-state index contributed by atoms with van der Waals surface area (Å²) in [6.07, 6.45) is 3.48. The Morgan fingerprint density at radius 2 is 2.17 bits per heavy atom. The predicted octanol–water partition coefficient (Wildman–Crippen LogP) is 2.10. The van der Waals surface area contributed by atoms with Crippen molar-refractivity contribution >= 4 is 5.97 Å². The molecule has 94 valence electrons. The lowest BCUT2D eigenvalue weighted by Gasteiger charge is -2.13. The number of carboxylic acid groups (broad SMARTS) is 1. The van der Waals surface area contributed by atoms with Crippen molar-refractivity contribution in [1.82, 2.24) is 9.55 Å². The van der Waals surface area contributed by atoms with Gasteiger partial charge in [0, 0.05) is 19.4 Å². The third kappa shape index (κ3) is 1.84. The molecule has 0 radical (unpaired) electrons. The fraction of sp³-hybridized carbons (Fsp3) is 0.231. The Hall–Kier alpha value is -2.30. The number of benzene rings is 1. The van der Waals surface area contributed by atoms with Crippen molar-refractivity contribution in [1.29, 1.82) is 0 Å². The first-order valence-electron chi connectivity index (χ1n) is 5.44. The molecule has 1 heterocycles. The van der Waals surface area contributed by atoms with Gasteiger partial charge in [-0.15, -0.1) is 0 Å². The summed E-state index contributed by atoms with van der Waals surface area (Å²) in [5, 5.41) is 9.17. The molecule has 0 aliphatic rings. The Morgan fingerprint density at radius 1 is 1.44 bits per heavy atom. The zero-order chi connectivity index (χ0) is 13.3. The van der Waals surface area contributed by atoms with Crippen LogP contribution < -0.4 is 4.74 Å². The number of aromatic nitrogens is 2. The first-order chi connectivity index (χ1) is 8.56. The van der Waals surface area contributed by atoms with Gasteiger partial charge in [-0.05, 0) is 18.6 Å². The fourth-order valence-electron chi connectivity index (χ4n) is 1.95. The lowest BCUT2D eigenvalue weighted by Crippen LogP contribution is -2.05. The summed E-state index contributed by atoms with van der Waals surface area (Å²) in [5.41, 5.74) is 1.78. The highest BCUT2D eigenvalue weighted by atomic mass is 16.5. The molecule has 0 aliphatic heterocycles. The smallest absolute Gasteiger partial charge is 0.339 e. The Bertz CT molecular complexity index is 602. The Kier molecular flexibility index (Phi) is 3.06. The lowest BCUT2D eigenvalue weighted by molar-refractivity contribution is 0.0693. The van der Waals surface area contributed by atoms with Crippen LogP contribution in [0.5, 0.6) is 5.75 Å². The van der Waals surface area contributed by atoms with Gasteiger partial charge in [0.15, 0.2) is 0 Å². The first kappa shape index (κ1) is 12.2. The Balaban J connectivity index is 2.77. The molecule has 0 unspecified atom stereocenters. The molecule has 0 aliphatic carbocycles. The standard InChI is InChI=1S/C13H14N2O3/c1-8-4-5-9(13(16)17)11(18-3)10(8)12-14-6-7-15(12)2/h4-7H,1-3H3,(H,16,17). The van der Waals surface area contributed by atoms with Crippen LogP contribution in [0.3, 0.4) is 0 Å². The van der Waals surface area contributed by atoms with Gasteiger partial charge in [0.2, 0.25) is 0 Å². The van der Waals surface area contributed by atoms with Crippen molar-refractivity contribution in [2.24, 2.45) is 7.05 Å². The monoisotopic (exact) mass is 246 g/mol. The third-order valence-corrected chi connectivity index (χ3v) is 2.85. The van der Waals surface area contributed by atoms with E-state index in [0.717, 1.165) is 5.56 Å². The Morgan fingerprint density at radius 3 is 2.67 bits per heavy atom. The number of rotatable bonds is 3. The number of hydrogen-bond donors (Lipinski definition) is 1. The molecule has 1 aromatic carbocycles. The van der Waals surface area contributed by atoms with Crippen molar-refractivity contribution in [2.75, 3.05) is 7.11 Å². The number of ether oxygens (including phenoxy) is 1. The van der Waals surface area contributed by atoms with E-state index in [-0.39, 0.29) is 5.56 Å². The predicted molar refractivity (Wildman–Crippen MR) is 66.9 cm³/mol. The van der Waals surface area contributed by atoms with E-state index >= 15 is 0 Å². The maximum Gasteiger partial charge on any atom is 0.339 e. The zero-order valence-electron chi connectivity index (χ0n) is 10.5. The minimum atomic E-state index is -1.01. The highest BCUT2D eigenvalue weighted by Gasteiger charge is 2.20. The van der Waals surface area contributed by atoms with Gasteiger partial charge < -0.3 is 14.4 Å². The van der Waals surface area contributed by atoms with Crippen molar-refractivity contribution in [3.05, 3.63) is 35.7 Å². The zero-order valence-corrected chi connectivity index (χ0v) is 10.5. The summed E-state index contributed by atoms with van der Waals surface area (Å²) in [6.45, 7) is 1.90.